The highest BCUT2D eigenvalue weighted by Gasteiger charge is 2.12. The molecule has 0 spiro atoms. The standard InChI is InChI=1S/C11H14ClNOS2/c1-3-6-13-11(14)8(2)15-7-9-4-5-10(12)16-9/h3-5,8H,1,6-7H2,2H3,(H,13,14). The summed E-state index contributed by atoms with van der Waals surface area (Å²) in [6.45, 7) is 5.98. The van der Waals surface area contributed by atoms with E-state index in [1.807, 2.05) is 19.1 Å². The van der Waals surface area contributed by atoms with Gasteiger partial charge in [-0.15, -0.1) is 29.7 Å². The largest absolute Gasteiger partial charge is 0.352 e. The minimum atomic E-state index is -0.0548. The van der Waals surface area contributed by atoms with Gasteiger partial charge in [-0.05, 0) is 19.1 Å². The molecule has 88 valence electrons. The van der Waals surface area contributed by atoms with Gasteiger partial charge in [0.05, 0.1) is 9.59 Å². The molecule has 1 aromatic rings. The molecule has 1 unspecified atom stereocenters. The Morgan fingerprint density at radius 2 is 2.50 bits per heavy atom. The van der Waals surface area contributed by atoms with Crippen molar-refractivity contribution >= 4 is 40.6 Å². The van der Waals surface area contributed by atoms with Crippen molar-refractivity contribution in [2.24, 2.45) is 0 Å². The molecule has 1 amide bonds. The molecule has 0 saturated heterocycles. The van der Waals surface area contributed by atoms with E-state index in [2.05, 4.69) is 11.9 Å². The third kappa shape index (κ3) is 4.60. The van der Waals surface area contributed by atoms with Crippen LogP contribution < -0.4 is 5.32 Å². The van der Waals surface area contributed by atoms with Crippen LogP contribution in [0.25, 0.3) is 0 Å². The molecule has 1 N–H and O–H groups in total. The summed E-state index contributed by atoms with van der Waals surface area (Å²) >= 11 is 8.99. The maximum absolute atomic E-state index is 11.5. The summed E-state index contributed by atoms with van der Waals surface area (Å²) in [4.78, 5) is 12.7. The summed E-state index contributed by atoms with van der Waals surface area (Å²) < 4.78 is 0.791. The van der Waals surface area contributed by atoms with Crippen molar-refractivity contribution in [3.63, 3.8) is 0 Å². The van der Waals surface area contributed by atoms with Crippen LogP contribution in [0.4, 0.5) is 0 Å². The molecule has 0 aromatic carbocycles. The highest BCUT2D eigenvalue weighted by Crippen LogP contribution is 2.26. The highest BCUT2D eigenvalue weighted by molar-refractivity contribution is 7.99. The van der Waals surface area contributed by atoms with Gasteiger partial charge in [-0.25, -0.2) is 0 Å². The van der Waals surface area contributed by atoms with Gasteiger partial charge in [0, 0.05) is 17.2 Å². The first-order valence-corrected chi connectivity index (χ1v) is 7.12. The second-order valence-corrected chi connectivity index (χ2v) is 6.32. The van der Waals surface area contributed by atoms with Crippen LogP contribution in [0.1, 0.15) is 11.8 Å². The van der Waals surface area contributed by atoms with E-state index in [1.54, 1.807) is 29.2 Å². The summed E-state index contributed by atoms with van der Waals surface area (Å²) in [5.41, 5.74) is 0. The number of hydrogen-bond donors (Lipinski definition) is 1. The van der Waals surface area contributed by atoms with Gasteiger partial charge in [0.2, 0.25) is 5.91 Å². The van der Waals surface area contributed by atoms with Gasteiger partial charge in [0.15, 0.2) is 0 Å². The van der Waals surface area contributed by atoms with Crippen LogP contribution in [-0.4, -0.2) is 17.7 Å². The molecule has 16 heavy (non-hydrogen) atoms. The maximum Gasteiger partial charge on any atom is 0.233 e. The second-order valence-electron chi connectivity index (χ2n) is 3.19. The lowest BCUT2D eigenvalue weighted by molar-refractivity contribution is -0.120. The third-order valence-electron chi connectivity index (χ3n) is 1.89. The van der Waals surface area contributed by atoms with Gasteiger partial charge in [0.1, 0.15) is 0 Å². The molecule has 0 radical (unpaired) electrons. The normalized spacial score (nSPS) is 12.1. The van der Waals surface area contributed by atoms with Gasteiger partial charge in [-0.2, -0.15) is 0 Å². The molecule has 5 heteroatoms. The van der Waals surface area contributed by atoms with Gasteiger partial charge >= 0.3 is 0 Å². The van der Waals surface area contributed by atoms with Crippen molar-refractivity contribution in [3.05, 3.63) is 34.0 Å². The SMILES string of the molecule is C=CCNC(=O)C(C)SCc1ccc(Cl)s1. The second kappa shape index (κ2) is 6.99. The van der Waals surface area contributed by atoms with Crippen LogP contribution in [0.5, 0.6) is 0 Å². The van der Waals surface area contributed by atoms with Gasteiger partial charge < -0.3 is 5.32 Å². The number of amides is 1. The fourth-order valence-corrected chi connectivity index (χ4v) is 3.10. The number of hydrogen-bond acceptors (Lipinski definition) is 3. The Balaban J connectivity index is 2.31. The maximum atomic E-state index is 11.5. The Labute approximate surface area is 109 Å². The van der Waals surface area contributed by atoms with E-state index in [9.17, 15) is 4.79 Å². The molecule has 1 aromatic heterocycles. The fourth-order valence-electron chi connectivity index (χ4n) is 1.03. The highest BCUT2D eigenvalue weighted by atomic mass is 35.5. The minimum absolute atomic E-state index is 0.0487. The van der Waals surface area contributed by atoms with Gasteiger partial charge in [-0.3, -0.25) is 4.79 Å². The zero-order chi connectivity index (χ0) is 12.0. The minimum Gasteiger partial charge on any atom is -0.352 e. The number of rotatable bonds is 6. The lowest BCUT2D eigenvalue weighted by Gasteiger charge is -2.09. The van der Waals surface area contributed by atoms with E-state index < -0.39 is 0 Å². The Kier molecular flexibility index (Phi) is 5.95. The molecule has 1 rings (SSSR count). The van der Waals surface area contributed by atoms with E-state index in [-0.39, 0.29) is 11.2 Å². The average Bonchev–Trinajstić information content (AvgIpc) is 2.68. The van der Waals surface area contributed by atoms with Crippen LogP contribution in [0, 0.1) is 0 Å². The summed E-state index contributed by atoms with van der Waals surface area (Å²) in [5.74, 6) is 0.868. The number of carbonyl (C=O) groups is 1. The number of nitrogens with one attached hydrogen (secondary N) is 1. The predicted molar refractivity (Wildman–Crippen MR) is 73.3 cm³/mol. The zero-order valence-corrected chi connectivity index (χ0v) is 11.4. The first-order chi connectivity index (χ1) is 7.63. The van der Waals surface area contributed by atoms with E-state index in [0.717, 1.165) is 10.1 Å². The first-order valence-electron chi connectivity index (χ1n) is 4.88. The van der Waals surface area contributed by atoms with E-state index in [0.29, 0.717) is 6.54 Å². The quantitative estimate of drug-likeness (QED) is 0.807. The Hall–Kier alpha value is -0.450. The topological polar surface area (TPSA) is 29.1 Å². The van der Waals surface area contributed by atoms with Crippen molar-refractivity contribution in [1.29, 1.82) is 0 Å². The van der Waals surface area contributed by atoms with Crippen LogP contribution in [0.15, 0.2) is 24.8 Å². The van der Waals surface area contributed by atoms with Crippen LogP contribution >= 0.6 is 34.7 Å². The smallest absolute Gasteiger partial charge is 0.233 e. The molecule has 2 nitrogen and oxygen atoms in total. The van der Waals surface area contributed by atoms with E-state index >= 15 is 0 Å². The lowest BCUT2D eigenvalue weighted by atomic mass is 10.4. The number of thiophene rings is 1. The van der Waals surface area contributed by atoms with Crippen LogP contribution in [0.2, 0.25) is 4.34 Å². The van der Waals surface area contributed by atoms with Crippen molar-refractivity contribution in [1.82, 2.24) is 5.32 Å². The Morgan fingerprint density at radius 3 is 3.06 bits per heavy atom. The molecule has 0 saturated carbocycles. The first kappa shape index (κ1) is 13.6. The molecule has 1 atom stereocenters. The molecule has 0 fully saturated rings. The van der Waals surface area contributed by atoms with Gasteiger partial charge in [-0.1, -0.05) is 17.7 Å². The Morgan fingerprint density at radius 1 is 1.75 bits per heavy atom. The summed E-state index contributed by atoms with van der Waals surface area (Å²) in [5, 5.41) is 2.72. The van der Waals surface area contributed by atoms with Crippen LogP contribution in [0.3, 0.4) is 0 Å². The number of thioether (sulfide) groups is 1. The zero-order valence-electron chi connectivity index (χ0n) is 9.03. The molecular formula is C11H14ClNOS2. The van der Waals surface area contributed by atoms with Crippen molar-refractivity contribution < 1.29 is 4.79 Å². The fraction of sp³-hybridized carbons (Fsp3) is 0.364. The van der Waals surface area contributed by atoms with E-state index in [1.165, 1.54) is 4.88 Å². The van der Waals surface area contributed by atoms with Crippen molar-refractivity contribution in [2.75, 3.05) is 6.54 Å². The summed E-state index contributed by atoms with van der Waals surface area (Å²) in [6.07, 6.45) is 1.67. The molecule has 0 bridgehead atoms. The number of halogens is 1. The van der Waals surface area contributed by atoms with Crippen molar-refractivity contribution in [2.45, 2.75) is 17.9 Å². The molecule has 0 aliphatic heterocycles. The summed E-state index contributed by atoms with van der Waals surface area (Å²) in [7, 11) is 0. The summed E-state index contributed by atoms with van der Waals surface area (Å²) in [6, 6.07) is 3.87. The molecule has 1 heterocycles. The van der Waals surface area contributed by atoms with Crippen LogP contribution in [-0.2, 0) is 10.5 Å². The van der Waals surface area contributed by atoms with Gasteiger partial charge in [0.25, 0.3) is 0 Å². The number of carbonyl (C=O) groups excluding carboxylic acids is 1. The predicted octanol–water partition coefficient (Wildman–Crippen LogP) is 3.33. The molecular weight excluding hydrogens is 262 g/mol. The third-order valence-corrected chi connectivity index (χ3v) is 4.50. The Bertz CT molecular complexity index is 365. The average molecular weight is 276 g/mol. The lowest BCUT2D eigenvalue weighted by Crippen LogP contribution is -2.30. The molecule has 0 aliphatic rings. The monoisotopic (exact) mass is 275 g/mol. The molecule has 0 aliphatic carbocycles. The van der Waals surface area contributed by atoms with E-state index in [4.69, 9.17) is 11.6 Å². The van der Waals surface area contributed by atoms with Crippen molar-refractivity contribution in [3.8, 4) is 0 Å².